The van der Waals surface area contributed by atoms with Gasteiger partial charge in [-0.25, -0.2) is 9.07 Å². The highest BCUT2D eigenvalue weighted by molar-refractivity contribution is 5.95. The maximum Gasteiger partial charge on any atom is 0.254 e. The van der Waals surface area contributed by atoms with Crippen molar-refractivity contribution in [3.63, 3.8) is 0 Å². The number of halogens is 1. The first-order chi connectivity index (χ1) is 9.91. The largest absolute Gasteiger partial charge is 0.349 e. The van der Waals surface area contributed by atoms with Gasteiger partial charge < -0.3 is 5.32 Å². The van der Waals surface area contributed by atoms with E-state index in [0.717, 1.165) is 0 Å². The van der Waals surface area contributed by atoms with Crippen molar-refractivity contribution in [2.75, 3.05) is 0 Å². The molecule has 1 unspecified atom stereocenters. The van der Waals surface area contributed by atoms with Crippen LogP contribution in [0.5, 0.6) is 0 Å². The zero-order valence-electron chi connectivity index (χ0n) is 12.7. The molecule has 2 aromatic rings. The predicted molar refractivity (Wildman–Crippen MR) is 80.0 cm³/mol. The lowest BCUT2D eigenvalue weighted by molar-refractivity contribution is 0.0930. The van der Waals surface area contributed by atoms with Crippen molar-refractivity contribution >= 4 is 5.91 Å². The minimum atomic E-state index is -0.369. The summed E-state index contributed by atoms with van der Waals surface area (Å²) in [6, 6.07) is 6.43. The van der Waals surface area contributed by atoms with Gasteiger partial charge in [0.05, 0.1) is 17.5 Å². The van der Waals surface area contributed by atoms with Crippen LogP contribution >= 0.6 is 0 Å². The average Bonchev–Trinajstić information content (AvgIpc) is 2.81. The zero-order valence-corrected chi connectivity index (χ0v) is 12.7. The van der Waals surface area contributed by atoms with Gasteiger partial charge in [0, 0.05) is 6.04 Å². The number of carbonyl (C=O) groups is 1. The van der Waals surface area contributed by atoms with Crippen LogP contribution in [0.4, 0.5) is 4.39 Å². The first kappa shape index (κ1) is 15.2. The van der Waals surface area contributed by atoms with E-state index in [-0.39, 0.29) is 17.8 Å². The molecule has 4 nitrogen and oxygen atoms in total. The second kappa shape index (κ2) is 6.08. The van der Waals surface area contributed by atoms with E-state index in [2.05, 4.69) is 10.4 Å². The molecule has 1 heterocycles. The van der Waals surface area contributed by atoms with Crippen LogP contribution in [0.3, 0.4) is 0 Å². The fourth-order valence-electron chi connectivity index (χ4n) is 1.95. The van der Waals surface area contributed by atoms with E-state index in [9.17, 15) is 9.18 Å². The van der Waals surface area contributed by atoms with Gasteiger partial charge in [0.1, 0.15) is 11.5 Å². The third kappa shape index (κ3) is 3.12. The first-order valence-corrected chi connectivity index (χ1v) is 7.02. The van der Waals surface area contributed by atoms with E-state index < -0.39 is 0 Å². The van der Waals surface area contributed by atoms with Gasteiger partial charge in [-0.3, -0.25) is 4.79 Å². The lowest BCUT2D eigenvalue weighted by atomic mass is 10.1. The molecule has 2 rings (SSSR count). The third-order valence-corrected chi connectivity index (χ3v) is 3.69. The van der Waals surface area contributed by atoms with E-state index in [1.165, 1.54) is 16.9 Å². The maximum absolute atomic E-state index is 13.8. The molecule has 21 heavy (non-hydrogen) atoms. The minimum Gasteiger partial charge on any atom is -0.349 e. The molecule has 0 aliphatic carbocycles. The van der Waals surface area contributed by atoms with Crippen molar-refractivity contribution in [3.8, 4) is 5.69 Å². The first-order valence-electron chi connectivity index (χ1n) is 7.02. The molecule has 1 amide bonds. The summed E-state index contributed by atoms with van der Waals surface area (Å²) in [5.74, 6) is -0.210. The molecule has 0 saturated carbocycles. The van der Waals surface area contributed by atoms with Gasteiger partial charge in [-0.2, -0.15) is 5.10 Å². The van der Waals surface area contributed by atoms with Crippen LogP contribution in [0.1, 0.15) is 36.8 Å². The second-order valence-electron chi connectivity index (χ2n) is 5.51. The smallest absolute Gasteiger partial charge is 0.254 e. The third-order valence-electron chi connectivity index (χ3n) is 3.69. The standard InChI is InChI=1S/C16H20FN3O/c1-10(2)11(3)19-16(21)13-9-18-20(12(13)4)15-8-6-5-7-14(15)17/h5-11H,1-4H3,(H,19,21). The van der Waals surface area contributed by atoms with Crippen LogP contribution in [-0.4, -0.2) is 21.7 Å². The number of hydrogen-bond acceptors (Lipinski definition) is 2. The van der Waals surface area contributed by atoms with Crippen LogP contribution in [0.2, 0.25) is 0 Å². The maximum atomic E-state index is 13.8. The van der Waals surface area contributed by atoms with Gasteiger partial charge in [0.25, 0.3) is 5.91 Å². The Kier molecular flexibility index (Phi) is 4.40. The Morgan fingerprint density at radius 1 is 1.29 bits per heavy atom. The Morgan fingerprint density at radius 3 is 2.57 bits per heavy atom. The highest BCUT2D eigenvalue weighted by Gasteiger charge is 2.19. The van der Waals surface area contributed by atoms with Crippen LogP contribution in [0.25, 0.3) is 5.69 Å². The fourth-order valence-corrected chi connectivity index (χ4v) is 1.95. The van der Waals surface area contributed by atoms with E-state index in [1.807, 2.05) is 20.8 Å². The molecule has 0 fully saturated rings. The molecular weight excluding hydrogens is 269 g/mol. The number of nitrogens with zero attached hydrogens (tertiary/aromatic N) is 2. The summed E-state index contributed by atoms with van der Waals surface area (Å²) in [7, 11) is 0. The molecule has 5 heteroatoms. The summed E-state index contributed by atoms with van der Waals surface area (Å²) in [6.07, 6.45) is 1.48. The Hall–Kier alpha value is -2.17. The van der Waals surface area contributed by atoms with Crippen molar-refractivity contribution in [1.82, 2.24) is 15.1 Å². The highest BCUT2D eigenvalue weighted by atomic mass is 19.1. The Morgan fingerprint density at radius 2 is 1.95 bits per heavy atom. The van der Waals surface area contributed by atoms with E-state index in [4.69, 9.17) is 0 Å². The summed E-state index contributed by atoms with van der Waals surface area (Å²) in [4.78, 5) is 12.3. The van der Waals surface area contributed by atoms with Gasteiger partial charge in [0.2, 0.25) is 0 Å². The topological polar surface area (TPSA) is 46.9 Å². The molecule has 0 radical (unpaired) electrons. The van der Waals surface area contributed by atoms with E-state index in [0.29, 0.717) is 22.9 Å². The summed E-state index contributed by atoms with van der Waals surface area (Å²) in [6.45, 7) is 7.80. The van der Waals surface area contributed by atoms with Crippen molar-refractivity contribution in [2.24, 2.45) is 5.92 Å². The monoisotopic (exact) mass is 289 g/mol. The second-order valence-corrected chi connectivity index (χ2v) is 5.51. The zero-order chi connectivity index (χ0) is 15.6. The molecule has 0 spiro atoms. The fraction of sp³-hybridized carbons (Fsp3) is 0.375. The number of hydrogen-bond donors (Lipinski definition) is 1. The summed E-state index contributed by atoms with van der Waals surface area (Å²) < 4.78 is 15.3. The molecule has 0 saturated heterocycles. The number of rotatable bonds is 4. The van der Waals surface area contributed by atoms with Crippen LogP contribution in [0, 0.1) is 18.7 Å². The van der Waals surface area contributed by atoms with Crippen LogP contribution < -0.4 is 5.32 Å². The molecule has 1 atom stereocenters. The Bertz CT molecular complexity index is 649. The summed E-state index contributed by atoms with van der Waals surface area (Å²) >= 11 is 0. The van der Waals surface area contributed by atoms with E-state index >= 15 is 0 Å². The molecule has 112 valence electrons. The van der Waals surface area contributed by atoms with Gasteiger partial charge in [-0.15, -0.1) is 0 Å². The SMILES string of the molecule is Cc1c(C(=O)NC(C)C(C)C)cnn1-c1ccccc1F. The number of aromatic nitrogens is 2. The van der Waals surface area contributed by atoms with Gasteiger partial charge in [0.15, 0.2) is 0 Å². The van der Waals surface area contributed by atoms with E-state index in [1.54, 1.807) is 25.1 Å². The number of benzene rings is 1. The van der Waals surface area contributed by atoms with Crippen LogP contribution in [0.15, 0.2) is 30.5 Å². The lowest BCUT2D eigenvalue weighted by Crippen LogP contribution is -2.36. The highest BCUT2D eigenvalue weighted by Crippen LogP contribution is 2.17. The molecule has 0 bridgehead atoms. The molecule has 1 aromatic heterocycles. The average molecular weight is 289 g/mol. The van der Waals surface area contributed by atoms with Crippen molar-refractivity contribution < 1.29 is 9.18 Å². The Balaban J connectivity index is 2.29. The Labute approximate surface area is 124 Å². The molecular formula is C16H20FN3O. The summed E-state index contributed by atoms with van der Waals surface area (Å²) in [5.41, 5.74) is 1.42. The van der Waals surface area contributed by atoms with Crippen molar-refractivity contribution in [1.29, 1.82) is 0 Å². The molecule has 1 N–H and O–H groups in total. The normalized spacial score (nSPS) is 12.5. The van der Waals surface area contributed by atoms with Crippen molar-refractivity contribution in [2.45, 2.75) is 33.7 Å². The molecule has 0 aliphatic rings. The van der Waals surface area contributed by atoms with Gasteiger partial charge in [-0.05, 0) is 31.9 Å². The summed E-state index contributed by atoms with van der Waals surface area (Å²) in [5, 5.41) is 7.07. The van der Waals surface area contributed by atoms with Crippen LogP contribution in [-0.2, 0) is 0 Å². The van der Waals surface area contributed by atoms with Crippen molar-refractivity contribution in [3.05, 3.63) is 47.5 Å². The van der Waals surface area contributed by atoms with Gasteiger partial charge >= 0.3 is 0 Å². The number of para-hydroxylation sites is 1. The molecule has 0 aliphatic heterocycles. The minimum absolute atomic E-state index is 0.0636. The lowest BCUT2D eigenvalue weighted by Gasteiger charge is -2.17. The number of nitrogens with one attached hydrogen (secondary N) is 1. The van der Waals surface area contributed by atoms with Gasteiger partial charge in [-0.1, -0.05) is 26.0 Å². The number of amides is 1. The quantitative estimate of drug-likeness (QED) is 0.940. The predicted octanol–water partition coefficient (Wildman–Crippen LogP) is 3.09. The number of carbonyl (C=O) groups excluding carboxylic acids is 1. The molecule has 1 aromatic carbocycles.